The van der Waals surface area contributed by atoms with Gasteiger partial charge in [0.25, 0.3) is 5.91 Å². The minimum absolute atomic E-state index is 0.157. The first-order valence-electron chi connectivity index (χ1n) is 12.4. The van der Waals surface area contributed by atoms with Crippen molar-refractivity contribution in [2.75, 3.05) is 13.2 Å². The highest BCUT2D eigenvalue weighted by molar-refractivity contribution is 6.31. The molecule has 0 fully saturated rings. The topological polar surface area (TPSA) is 58.6 Å². The van der Waals surface area contributed by atoms with Crippen LogP contribution < -0.4 is 10.1 Å². The molecule has 0 aliphatic carbocycles. The van der Waals surface area contributed by atoms with Crippen LogP contribution >= 0.6 is 11.6 Å². The van der Waals surface area contributed by atoms with Crippen LogP contribution in [0.1, 0.15) is 42.0 Å². The van der Waals surface area contributed by atoms with Crippen LogP contribution in [0.25, 0.3) is 0 Å². The van der Waals surface area contributed by atoms with E-state index >= 15 is 0 Å². The second-order valence-electron chi connectivity index (χ2n) is 9.06. The summed E-state index contributed by atoms with van der Waals surface area (Å²) in [6, 6.07) is 22.4. The van der Waals surface area contributed by atoms with Crippen molar-refractivity contribution in [3.8, 4) is 5.75 Å². The Morgan fingerprint density at radius 3 is 2.36 bits per heavy atom. The number of halogens is 1. The number of aryl methyl sites for hydroxylation is 2. The highest BCUT2D eigenvalue weighted by Gasteiger charge is 2.30. The monoisotopic (exact) mass is 506 g/mol. The van der Waals surface area contributed by atoms with E-state index in [0.29, 0.717) is 30.3 Å². The van der Waals surface area contributed by atoms with E-state index in [-0.39, 0.29) is 18.4 Å². The van der Waals surface area contributed by atoms with Crippen molar-refractivity contribution >= 4 is 23.4 Å². The molecule has 0 aliphatic heterocycles. The number of carbonyl (C=O) groups excluding carboxylic acids is 2. The Bertz CT molecular complexity index is 1130. The van der Waals surface area contributed by atoms with Crippen molar-refractivity contribution in [1.29, 1.82) is 0 Å². The van der Waals surface area contributed by atoms with Crippen molar-refractivity contribution in [3.05, 3.63) is 100 Å². The molecule has 3 rings (SSSR count). The van der Waals surface area contributed by atoms with Gasteiger partial charge < -0.3 is 15.0 Å². The highest BCUT2D eigenvalue weighted by atomic mass is 35.5. The number of unbranched alkanes of at least 4 members (excludes halogenated alkanes) is 1. The summed E-state index contributed by atoms with van der Waals surface area (Å²) in [5, 5.41) is 3.67. The number of hydrogen-bond acceptors (Lipinski definition) is 3. The molecule has 0 heterocycles. The lowest BCUT2D eigenvalue weighted by Crippen LogP contribution is -2.51. The first-order valence-corrected chi connectivity index (χ1v) is 12.8. The lowest BCUT2D eigenvalue weighted by molar-refractivity contribution is -0.142. The van der Waals surface area contributed by atoms with Crippen molar-refractivity contribution in [3.63, 3.8) is 0 Å². The van der Waals surface area contributed by atoms with E-state index in [2.05, 4.69) is 12.2 Å². The molecule has 1 N–H and O–H groups in total. The van der Waals surface area contributed by atoms with Crippen LogP contribution in [0.2, 0.25) is 5.02 Å². The molecule has 3 aromatic carbocycles. The van der Waals surface area contributed by atoms with Crippen molar-refractivity contribution in [2.45, 2.75) is 52.6 Å². The number of rotatable bonds is 12. The number of nitrogens with zero attached hydrogens (tertiary/aromatic N) is 1. The average Bonchev–Trinajstić information content (AvgIpc) is 2.88. The highest BCUT2D eigenvalue weighted by Crippen LogP contribution is 2.22. The second-order valence-corrected chi connectivity index (χ2v) is 9.46. The van der Waals surface area contributed by atoms with E-state index < -0.39 is 6.04 Å². The molecule has 0 saturated carbocycles. The molecule has 0 saturated heterocycles. The van der Waals surface area contributed by atoms with E-state index in [0.717, 1.165) is 35.1 Å². The van der Waals surface area contributed by atoms with Crippen LogP contribution in [0.4, 0.5) is 0 Å². The maximum Gasteiger partial charge on any atom is 0.261 e. The quantitative estimate of drug-likeness (QED) is 0.311. The third-order valence-corrected chi connectivity index (χ3v) is 6.49. The molecule has 0 radical (unpaired) electrons. The predicted octanol–water partition coefficient (Wildman–Crippen LogP) is 5.89. The summed E-state index contributed by atoms with van der Waals surface area (Å²) < 4.78 is 5.84. The molecule has 36 heavy (non-hydrogen) atoms. The molecule has 1 atom stereocenters. The standard InChI is InChI=1S/C30H35ClN2O3/c1-4-5-17-32-30(35)28(19-24-9-7-6-8-10-24)33(20-25-13-11-22(2)12-14-25)29(34)21-36-26-15-16-27(31)23(3)18-26/h6-16,18,28H,4-5,17,19-21H2,1-3H3,(H,32,35). The van der Waals surface area contributed by atoms with Gasteiger partial charge in [0.1, 0.15) is 11.8 Å². The summed E-state index contributed by atoms with van der Waals surface area (Å²) in [7, 11) is 0. The Hall–Kier alpha value is -3.31. The largest absolute Gasteiger partial charge is 0.484 e. The maximum absolute atomic E-state index is 13.6. The van der Waals surface area contributed by atoms with Gasteiger partial charge in [0.15, 0.2) is 6.61 Å². The maximum atomic E-state index is 13.6. The molecule has 190 valence electrons. The molecule has 3 aromatic rings. The van der Waals surface area contributed by atoms with Gasteiger partial charge in [-0.1, -0.05) is 85.1 Å². The lowest BCUT2D eigenvalue weighted by Gasteiger charge is -2.31. The summed E-state index contributed by atoms with van der Waals surface area (Å²) in [4.78, 5) is 28.6. The van der Waals surface area contributed by atoms with Crippen molar-refractivity contribution < 1.29 is 14.3 Å². The van der Waals surface area contributed by atoms with E-state index in [9.17, 15) is 9.59 Å². The Labute approximate surface area is 219 Å². The van der Waals surface area contributed by atoms with Crippen LogP contribution in [0.5, 0.6) is 5.75 Å². The summed E-state index contributed by atoms with van der Waals surface area (Å²) in [6.45, 7) is 6.69. The molecular formula is C30H35ClN2O3. The Kier molecular flexibility index (Phi) is 10.4. The number of amides is 2. The smallest absolute Gasteiger partial charge is 0.261 e. The van der Waals surface area contributed by atoms with E-state index in [1.54, 1.807) is 23.1 Å². The van der Waals surface area contributed by atoms with Crippen LogP contribution in [-0.4, -0.2) is 35.9 Å². The van der Waals surface area contributed by atoms with Gasteiger partial charge >= 0.3 is 0 Å². The SMILES string of the molecule is CCCCNC(=O)C(Cc1ccccc1)N(Cc1ccc(C)cc1)C(=O)COc1ccc(Cl)c(C)c1. The minimum Gasteiger partial charge on any atom is -0.484 e. The van der Waals surface area contributed by atoms with Crippen LogP contribution in [0.3, 0.4) is 0 Å². The van der Waals surface area contributed by atoms with Crippen LogP contribution in [-0.2, 0) is 22.6 Å². The van der Waals surface area contributed by atoms with Gasteiger partial charge in [0.2, 0.25) is 5.91 Å². The second kappa shape index (κ2) is 13.7. The molecule has 0 spiro atoms. The van der Waals surface area contributed by atoms with E-state index in [1.807, 2.05) is 68.4 Å². The fourth-order valence-corrected chi connectivity index (χ4v) is 4.00. The number of ether oxygens (including phenoxy) is 1. The predicted molar refractivity (Wildman–Crippen MR) is 145 cm³/mol. The van der Waals surface area contributed by atoms with E-state index in [4.69, 9.17) is 16.3 Å². The van der Waals surface area contributed by atoms with Crippen molar-refractivity contribution in [2.24, 2.45) is 0 Å². The van der Waals surface area contributed by atoms with Crippen LogP contribution in [0, 0.1) is 13.8 Å². The van der Waals surface area contributed by atoms with Gasteiger partial charge in [0, 0.05) is 24.5 Å². The third kappa shape index (κ3) is 8.13. The molecule has 0 aliphatic rings. The van der Waals surface area contributed by atoms with Gasteiger partial charge in [-0.15, -0.1) is 0 Å². The van der Waals surface area contributed by atoms with E-state index in [1.165, 1.54) is 0 Å². The van der Waals surface area contributed by atoms with Crippen LogP contribution in [0.15, 0.2) is 72.8 Å². The van der Waals surface area contributed by atoms with Gasteiger partial charge in [-0.2, -0.15) is 0 Å². The van der Waals surface area contributed by atoms with Gasteiger partial charge in [-0.3, -0.25) is 9.59 Å². The normalized spacial score (nSPS) is 11.6. The number of hydrogen-bond donors (Lipinski definition) is 1. The van der Waals surface area contributed by atoms with Gasteiger partial charge in [-0.25, -0.2) is 0 Å². The average molecular weight is 507 g/mol. The Balaban J connectivity index is 1.88. The number of benzene rings is 3. The molecule has 5 nitrogen and oxygen atoms in total. The zero-order chi connectivity index (χ0) is 25.9. The Morgan fingerprint density at radius 1 is 0.972 bits per heavy atom. The zero-order valence-electron chi connectivity index (χ0n) is 21.3. The molecule has 6 heteroatoms. The van der Waals surface area contributed by atoms with Gasteiger partial charge in [0.05, 0.1) is 0 Å². The first-order chi connectivity index (χ1) is 17.4. The fraction of sp³-hybridized carbons (Fsp3) is 0.333. The summed E-state index contributed by atoms with van der Waals surface area (Å²) >= 11 is 6.13. The van der Waals surface area contributed by atoms with Gasteiger partial charge in [-0.05, 0) is 55.2 Å². The summed E-state index contributed by atoms with van der Waals surface area (Å²) in [6.07, 6.45) is 2.27. The molecular weight excluding hydrogens is 472 g/mol. The lowest BCUT2D eigenvalue weighted by atomic mass is 10.0. The number of nitrogens with one attached hydrogen (secondary N) is 1. The summed E-state index contributed by atoms with van der Waals surface area (Å²) in [5.74, 6) is 0.150. The molecule has 2 amide bonds. The molecule has 0 bridgehead atoms. The molecule has 1 unspecified atom stereocenters. The summed E-state index contributed by atoms with van der Waals surface area (Å²) in [5.41, 5.74) is 3.95. The zero-order valence-corrected chi connectivity index (χ0v) is 22.1. The Morgan fingerprint density at radius 2 is 1.69 bits per heavy atom. The first kappa shape index (κ1) is 27.3. The molecule has 0 aromatic heterocycles. The minimum atomic E-state index is -0.673. The third-order valence-electron chi connectivity index (χ3n) is 6.07. The fourth-order valence-electron chi connectivity index (χ4n) is 3.89. The number of carbonyl (C=O) groups is 2. The van der Waals surface area contributed by atoms with Crippen molar-refractivity contribution in [1.82, 2.24) is 10.2 Å².